The van der Waals surface area contributed by atoms with Crippen LogP contribution < -0.4 is 0 Å². The minimum absolute atomic E-state index is 0.0951. The Labute approximate surface area is 173 Å². The number of nitrogens with zero attached hydrogens (tertiary/aromatic N) is 2. The summed E-state index contributed by atoms with van der Waals surface area (Å²) in [6, 6.07) is 16.5. The standard InChI is InChI=1S/C25H30N2O2/c1-17-6-4-5-7-20(17)18-8-10-19(11-9-18)24(28)27-15-22-21(14-26(2)3)23-12-13-25(22,16-27)29-23/h4-11,21-23H,12-16H2,1-3H3/t21-,22+,23+,25+/m0/s1. The zero-order valence-corrected chi connectivity index (χ0v) is 17.6. The molecule has 0 aliphatic carbocycles. The molecule has 0 N–H and O–H groups in total. The molecule has 1 amide bonds. The topological polar surface area (TPSA) is 32.8 Å². The van der Waals surface area contributed by atoms with Crippen molar-refractivity contribution in [3.05, 3.63) is 59.7 Å². The highest BCUT2D eigenvalue weighted by Gasteiger charge is 2.63. The van der Waals surface area contributed by atoms with Crippen molar-refractivity contribution < 1.29 is 9.53 Å². The molecule has 4 nitrogen and oxygen atoms in total. The first-order valence-corrected chi connectivity index (χ1v) is 10.7. The van der Waals surface area contributed by atoms with Gasteiger partial charge in [-0.15, -0.1) is 0 Å². The normalized spacial score (nSPS) is 30.2. The van der Waals surface area contributed by atoms with Crippen LogP contribution in [-0.2, 0) is 4.74 Å². The van der Waals surface area contributed by atoms with Crippen LogP contribution in [0, 0.1) is 18.8 Å². The molecule has 4 atom stereocenters. The van der Waals surface area contributed by atoms with E-state index in [-0.39, 0.29) is 11.5 Å². The van der Waals surface area contributed by atoms with Crippen molar-refractivity contribution in [3.8, 4) is 11.1 Å². The second-order valence-corrected chi connectivity index (χ2v) is 9.37. The molecule has 3 heterocycles. The number of carbonyl (C=O) groups is 1. The molecule has 3 aliphatic rings. The summed E-state index contributed by atoms with van der Waals surface area (Å²) >= 11 is 0. The first-order chi connectivity index (χ1) is 14.0. The Balaban J connectivity index is 1.34. The monoisotopic (exact) mass is 390 g/mol. The number of hydrogen-bond acceptors (Lipinski definition) is 3. The van der Waals surface area contributed by atoms with E-state index in [1.807, 2.05) is 17.0 Å². The predicted octanol–water partition coefficient (Wildman–Crippen LogP) is 3.84. The maximum absolute atomic E-state index is 13.3. The van der Waals surface area contributed by atoms with E-state index in [9.17, 15) is 4.79 Å². The molecule has 0 aromatic heterocycles. The number of ether oxygens (including phenoxy) is 1. The number of rotatable bonds is 4. The van der Waals surface area contributed by atoms with E-state index in [1.54, 1.807) is 0 Å². The Kier molecular flexibility index (Phi) is 4.52. The van der Waals surface area contributed by atoms with Crippen LogP contribution in [0.2, 0.25) is 0 Å². The lowest BCUT2D eigenvalue weighted by atomic mass is 9.73. The van der Waals surface area contributed by atoms with E-state index >= 15 is 0 Å². The van der Waals surface area contributed by atoms with Crippen LogP contribution in [-0.4, -0.2) is 61.1 Å². The molecule has 3 aliphatic heterocycles. The molecule has 0 unspecified atom stereocenters. The van der Waals surface area contributed by atoms with E-state index in [0.29, 0.717) is 17.9 Å². The summed E-state index contributed by atoms with van der Waals surface area (Å²) in [5.74, 6) is 1.15. The number of amides is 1. The number of hydrogen-bond donors (Lipinski definition) is 0. The number of carbonyl (C=O) groups excluding carboxylic acids is 1. The average molecular weight is 391 g/mol. The van der Waals surface area contributed by atoms with Crippen LogP contribution in [0.25, 0.3) is 11.1 Å². The number of benzene rings is 2. The molecule has 0 radical (unpaired) electrons. The molecule has 3 fully saturated rings. The maximum Gasteiger partial charge on any atom is 0.253 e. The molecule has 4 heteroatoms. The van der Waals surface area contributed by atoms with Crippen LogP contribution in [0.3, 0.4) is 0 Å². The van der Waals surface area contributed by atoms with Gasteiger partial charge in [-0.05, 0) is 62.7 Å². The van der Waals surface area contributed by atoms with Gasteiger partial charge in [0.2, 0.25) is 0 Å². The maximum atomic E-state index is 13.3. The average Bonchev–Trinajstić information content (AvgIpc) is 3.37. The fourth-order valence-electron chi connectivity index (χ4n) is 5.88. The Morgan fingerprint density at radius 2 is 1.93 bits per heavy atom. The van der Waals surface area contributed by atoms with E-state index < -0.39 is 0 Å². The van der Waals surface area contributed by atoms with Gasteiger partial charge in [0.05, 0.1) is 18.2 Å². The highest BCUT2D eigenvalue weighted by molar-refractivity contribution is 5.95. The SMILES string of the molecule is Cc1ccccc1-c1ccc(C(=O)N2C[C@@H]3[C@H](CN(C)C)[C@H]4CC[C@]3(C2)O4)cc1. The first-order valence-electron chi connectivity index (χ1n) is 10.7. The Hall–Kier alpha value is -2.17. The van der Waals surface area contributed by atoms with Gasteiger partial charge in [-0.3, -0.25) is 4.79 Å². The summed E-state index contributed by atoms with van der Waals surface area (Å²) in [6.45, 7) is 4.74. The summed E-state index contributed by atoms with van der Waals surface area (Å²) < 4.78 is 6.48. The summed E-state index contributed by atoms with van der Waals surface area (Å²) in [7, 11) is 4.26. The Morgan fingerprint density at radius 3 is 2.66 bits per heavy atom. The van der Waals surface area contributed by atoms with Gasteiger partial charge in [0, 0.05) is 30.5 Å². The van der Waals surface area contributed by atoms with Gasteiger partial charge in [0.1, 0.15) is 0 Å². The summed E-state index contributed by atoms with van der Waals surface area (Å²) in [6.07, 6.45) is 2.62. The zero-order valence-electron chi connectivity index (χ0n) is 17.6. The van der Waals surface area contributed by atoms with Crippen molar-refractivity contribution in [2.45, 2.75) is 31.5 Å². The Bertz CT molecular complexity index is 923. The molecule has 5 rings (SSSR count). The molecular formula is C25H30N2O2. The molecule has 3 saturated heterocycles. The second-order valence-electron chi connectivity index (χ2n) is 9.37. The van der Waals surface area contributed by atoms with Gasteiger partial charge in [0.25, 0.3) is 5.91 Å². The van der Waals surface area contributed by atoms with Gasteiger partial charge in [-0.2, -0.15) is 0 Å². The van der Waals surface area contributed by atoms with Crippen molar-refractivity contribution in [2.75, 3.05) is 33.7 Å². The Morgan fingerprint density at radius 1 is 1.17 bits per heavy atom. The number of likely N-dealkylation sites (tertiary alicyclic amines) is 1. The largest absolute Gasteiger partial charge is 0.369 e. The third kappa shape index (κ3) is 3.10. The van der Waals surface area contributed by atoms with Crippen molar-refractivity contribution in [1.82, 2.24) is 9.80 Å². The lowest BCUT2D eigenvalue weighted by Crippen LogP contribution is -2.40. The number of aryl methyl sites for hydroxylation is 1. The van der Waals surface area contributed by atoms with Crippen LogP contribution in [0.1, 0.15) is 28.8 Å². The van der Waals surface area contributed by atoms with Crippen molar-refractivity contribution in [3.63, 3.8) is 0 Å². The minimum Gasteiger partial charge on any atom is -0.369 e. The van der Waals surface area contributed by atoms with Crippen LogP contribution >= 0.6 is 0 Å². The minimum atomic E-state index is -0.0951. The highest BCUT2D eigenvalue weighted by atomic mass is 16.5. The lowest BCUT2D eigenvalue weighted by molar-refractivity contribution is 0.00256. The molecule has 2 aromatic rings. The highest BCUT2D eigenvalue weighted by Crippen LogP contribution is 2.55. The quantitative estimate of drug-likeness (QED) is 0.795. The van der Waals surface area contributed by atoms with Gasteiger partial charge < -0.3 is 14.5 Å². The molecule has 29 heavy (non-hydrogen) atoms. The lowest BCUT2D eigenvalue weighted by Gasteiger charge is -2.30. The molecule has 152 valence electrons. The van der Waals surface area contributed by atoms with Crippen LogP contribution in [0.5, 0.6) is 0 Å². The third-order valence-electron chi connectivity index (χ3n) is 7.23. The molecule has 1 spiro atoms. The summed E-state index contributed by atoms with van der Waals surface area (Å²) in [5.41, 5.74) is 4.31. The smallest absolute Gasteiger partial charge is 0.253 e. The summed E-state index contributed by atoms with van der Waals surface area (Å²) in [5, 5.41) is 0. The van der Waals surface area contributed by atoms with Gasteiger partial charge in [-0.25, -0.2) is 0 Å². The van der Waals surface area contributed by atoms with Crippen molar-refractivity contribution in [2.24, 2.45) is 11.8 Å². The molecule has 2 aromatic carbocycles. The summed E-state index contributed by atoms with van der Waals surface area (Å²) in [4.78, 5) is 17.6. The van der Waals surface area contributed by atoms with E-state index in [2.05, 4.69) is 62.3 Å². The van der Waals surface area contributed by atoms with Gasteiger partial charge in [-0.1, -0.05) is 36.4 Å². The molecule has 0 saturated carbocycles. The fraction of sp³-hybridized carbons (Fsp3) is 0.480. The zero-order chi connectivity index (χ0) is 20.2. The van der Waals surface area contributed by atoms with E-state index in [4.69, 9.17) is 4.74 Å². The third-order valence-corrected chi connectivity index (χ3v) is 7.23. The van der Waals surface area contributed by atoms with Gasteiger partial charge in [0.15, 0.2) is 0 Å². The van der Waals surface area contributed by atoms with Crippen molar-refractivity contribution >= 4 is 5.91 Å². The first kappa shape index (κ1) is 18.8. The van der Waals surface area contributed by atoms with E-state index in [0.717, 1.165) is 43.6 Å². The number of fused-ring (bicyclic) bond motifs is 1. The van der Waals surface area contributed by atoms with Crippen LogP contribution in [0.15, 0.2) is 48.5 Å². The van der Waals surface area contributed by atoms with Crippen molar-refractivity contribution in [1.29, 1.82) is 0 Å². The van der Waals surface area contributed by atoms with Gasteiger partial charge >= 0.3 is 0 Å². The fourth-order valence-corrected chi connectivity index (χ4v) is 5.88. The second kappa shape index (κ2) is 6.96. The predicted molar refractivity (Wildman–Crippen MR) is 115 cm³/mol. The van der Waals surface area contributed by atoms with E-state index in [1.165, 1.54) is 11.1 Å². The van der Waals surface area contributed by atoms with Crippen LogP contribution in [0.4, 0.5) is 0 Å². The molecular weight excluding hydrogens is 360 g/mol. The molecule has 2 bridgehead atoms.